The SMILES string of the molecule is CCCCN(CC)C(=O)c1cc(Cl)nc(CCC)c1. The molecule has 1 aromatic heterocycles. The summed E-state index contributed by atoms with van der Waals surface area (Å²) in [6.45, 7) is 7.74. The number of carbonyl (C=O) groups excluding carboxylic acids is 1. The highest BCUT2D eigenvalue weighted by Crippen LogP contribution is 2.15. The van der Waals surface area contributed by atoms with E-state index in [1.165, 1.54) is 0 Å². The second-order valence-electron chi connectivity index (χ2n) is 4.66. The molecule has 1 rings (SSSR count). The summed E-state index contributed by atoms with van der Waals surface area (Å²) in [4.78, 5) is 18.5. The van der Waals surface area contributed by atoms with Crippen LogP contribution < -0.4 is 0 Å². The lowest BCUT2D eigenvalue weighted by Crippen LogP contribution is -2.31. The van der Waals surface area contributed by atoms with E-state index in [4.69, 9.17) is 11.6 Å². The Bertz CT molecular complexity index is 421. The summed E-state index contributed by atoms with van der Waals surface area (Å²) in [5.74, 6) is 0.0533. The van der Waals surface area contributed by atoms with Crippen molar-refractivity contribution in [3.8, 4) is 0 Å². The standard InChI is InChI=1S/C15H23ClN2O/c1-4-7-9-18(6-3)15(19)12-10-13(8-5-2)17-14(16)11-12/h10-11H,4-9H2,1-3H3. The lowest BCUT2D eigenvalue weighted by molar-refractivity contribution is 0.0762. The zero-order valence-corrected chi connectivity index (χ0v) is 12.8. The van der Waals surface area contributed by atoms with Crippen molar-refractivity contribution in [3.05, 3.63) is 28.5 Å². The molecule has 1 aromatic rings. The fourth-order valence-corrected chi connectivity index (χ4v) is 2.22. The molecule has 0 saturated heterocycles. The summed E-state index contributed by atoms with van der Waals surface area (Å²) in [5, 5.41) is 0.404. The molecule has 0 saturated carbocycles. The third-order valence-corrected chi connectivity index (χ3v) is 3.24. The van der Waals surface area contributed by atoms with Gasteiger partial charge in [-0.2, -0.15) is 0 Å². The average molecular weight is 283 g/mol. The molecule has 0 aliphatic heterocycles. The number of aryl methyl sites for hydroxylation is 1. The van der Waals surface area contributed by atoms with Crippen molar-refractivity contribution in [2.45, 2.75) is 46.5 Å². The van der Waals surface area contributed by atoms with Crippen LogP contribution in [0.1, 0.15) is 56.1 Å². The Kier molecular flexibility index (Phi) is 6.85. The Hall–Kier alpha value is -1.09. The van der Waals surface area contributed by atoms with Crippen LogP contribution in [0, 0.1) is 0 Å². The first-order valence-corrected chi connectivity index (χ1v) is 7.45. The molecule has 0 N–H and O–H groups in total. The smallest absolute Gasteiger partial charge is 0.254 e. The van der Waals surface area contributed by atoms with Gasteiger partial charge in [-0.1, -0.05) is 38.3 Å². The van der Waals surface area contributed by atoms with Gasteiger partial charge < -0.3 is 4.90 Å². The van der Waals surface area contributed by atoms with E-state index in [0.29, 0.717) is 10.7 Å². The lowest BCUT2D eigenvalue weighted by atomic mass is 10.1. The third kappa shape index (κ3) is 4.83. The van der Waals surface area contributed by atoms with E-state index in [9.17, 15) is 4.79 Å². The molecule has 106 valence electrons. The predicted molar refractivity (Wildman–Crippen MR) is 79.7 cm³/mol. The number of amides is 1. The van der Waals surface area contributed by atoms with Crippen molar-refractivity contribution in [3.63, 3.8) is 0 Å². The van der Waals surface area contributed by atoms with Crippen LogP contribution in [-0.2, 0) is 6.42 Å². The van der Waals surface area contributed by atoms with E-state index < -0.39 is 0 Å². The van der Waals surface area contributed by atoms with E-state index in [2.05, 4.69) is 18.8 Å². The largest absolute Gasteiger partial charge is 0.339 e. The third-order valence-electron chi connectivity index (χ3n) is 3.05. The molecule has 0 atom stereocenters. The van der Waals surface area contributed by atoms with Gasteiger partial charge in [0.25, 0.3) is 5.91 Å². The minimum Gasteiger partial charge on any atom is -0.339 e. The first kappa shape index (κ1) is 16.0. The number of hydrogen-bond donors (Lipinski definition) is 0. The second-order valence-corrected chi connectivity index (χ2v) is 5.05. The van der Waals surface area contributed by atoms with Gasteiger partial charge in [-0.3, -0.25) is 4.79 Å². The number of nitrogens with zero attached hydrogens (tertiary/aromatic N) is 2. The number of carbonyl (C=O) groups is 1. The molecule has 0 aromatic carbocycles. The van der Waals surface area contributed by atoms with Gasteiger partial charge >= 0.3 is 0 Å². The fraction of sp³-hybridized carbons (Fsp3) is 0.600. The van der Waals surface area contributed by atoms with Crippen molar-refractivity contribution < 1.29 is 4.79 Å². The Labute approximate surface area is 121 Å². The summed E-state index contributed by atoms with van der Waals surface area (Å²) >= 11 is 6.00. The highest BCUT2D eigenvalue weighted by molar-refractivity contribution is 6.29. The number of hydrogen-bond acceptors (Lipinski definition) is 2. The van der Waals surface area contributed by atoms with Crippen LogP contribution in [0.25, 0.3) is 0 Å². The van der Waals surface area contributed by atoms with Gasteiger partial charge in [0.2, 0.25) is 0 Å². The first-order chi connectivity index (χ1) is 9.12. The predicted octanol–water partition coefficient (Wildman–Crippen LogP) is 3.95. The summed E-state index contributed by atoms with van der Waals surface area (Å²) in [6, 6.07) is 3.53. The van der Waals surface area contributed by atoms with Crippen LogP contribution in [0.4, 0.5) is 0 Å². The number of pyridine rings is 1. The highest BCUT2D eigenvalue weighted by Gasteiger charge is 2.15. The maximum absolute atomic E-state index is 12.4. The van der Waals surface area contributed by atoms with Crippen LogP contribution in [-0.4, -0.2) is 28.9 Å². The molecule has 0 fully saturated rings. The number of unbranched alkanes of at least 4 members (excludes halogenated alkanes) is 1. The van der Waals surface area contributed by atoms with Crippen molar-refractivity contribution in [1.82, 2.24) is 9.88 Å². The Morgan fingerprint density at radius 2 is 2.00 bits per heavy atom. The van der Waals surface area contributed by atoms with E-state index >= 15 is 0 Å². The van der Waals surface area contributed by atoms with E-state index in [0.717, 1.165) is 44.5 Å². The zero-order chi connectivity index (χ0) is 14.3. The van der Waals surface area contributed by atoms with Crippen molar-refractivity contribution in [2.75, 3.05) is 13.1 Å². The van der Waals surface area contributed by atoms with Crippen LogP contribution in [0.2, 0.25) is 5.15 Å². The molecule has 1 heterocycles. The maximum atomic E-state index is 12.4. The number of aromatic nitrogens is 1. The molecule has 0 bridgehead atoms. The first-order valence-electron chi connectivity index (χ1n) is 7.08. The molecule has 0 aliphatic rings. The summed E-state index contributed by atoms with van der Waals surface area (Å²) in [7, 11) is 0. The Morgan fingerprint density at radius 3 is 2.58 bits per heavy atom. The zero-order valence-electron chi connectivity index (χ0n) is 12.1. The molecule has 0 aliphatic carbocycles. The minimum atomic E-state index is 0.0533. The molecule has 3 nitrogen and oxygen atoms in total. The van der Waals surface area contributed by atoms with E-state index in [-0.39, 0.29) is 5.91 Å². The normalized spacial score (nSPS) is 10.5. The molecule has 0 radical (unpaired) electrons. The number of halogens is 1. The number of rotatable bonds is 7. The minimum absolute atomic E-state index is 0.0533. The Morgan fingerprint density at radius 1 is 1.26 bits per heavy atom. The van der Waals surface area contributed by atoms with Crippen LogP contribution in [0.3, 0.4) is 0 Å². The molecule has 0 spiro atoms. The highest BCUT2D eigenvalue weighted by atomic mass is 35.5. The van der Waals surface area contributed by atoms with Crippen molar-refractivity contribution >= 4 is 17.5 Å². The van der Waals surface area contributed by atoms with E-state index in [1.807, 2.05) is 17.9 Å². The molecular formula is C15H23ClN2O. The van der Waals surface area contributed by atoms with Gasteiger partial charge in [-0.05, 0) is 31.9 Å². The monoisotopic (exact) mass is 282 g/mol. The van der Waals surface area contributed by atoms with Gasteiger partial charge in [-0.15, -0.1) is 0 Å². The molecule has 19 heavy (non-hydrogen) atoms. The second kappa shape index (κ2) is 8.16. The lowest BCUT2D eigenvalue weighted by Gasteiger charge is -2.21. The molecule has 0 unspecified atom stereocenters. The summed E-state index contributed by atoms with van der Waals surface area (Å²) < 4.78 is 0. The molecular weight excluding hydrogens is 260 g/mol. The fourth-order valence-electron chi connectivity index (χ4n) is 1.99. The van der Waals surface area contributed by atoms with Crippen LogP contribution in [0.15, 0.2) is 12.1 Å². The van der Waals surface area contributed by atoms with Crippen molar-refractivity contribution in [2.24, 2.45) is 0 Å². The quantitative estimate of drug-likeness (QED) is 0.710. The summed E-state index contributed by atoms with van der Waals surface area (Å²) in [6.07, 6.45) is 3.96. The average Bonchev–Trinajstić information content (AvgIpc) is 2.39. The Balaban J connectivity index is 2.90. The van der Waals surface area contributed by atoms with Gasteiger partial charge in [0.1, 0.15) is 5.15 Å². The van der Waals surface area contributed by atoms with Gasteiger partial charge in [0.15, 0.2) is 0 Å². The topological polar surface area (TPSA) is 33.2 Å². The summed E-state index contributed by atoms with van der Waals surface area (Å²) in [5.41, 5.74) is 1.55. The molecule has 4 heteroatoms. The van der Waals surface area contributed by atoms with Gasteiger partial charge in [0.05, 0.1) is 0 Å². The van der Waals surface area contributed by atoms with Gasteiger partial charge in [0, 0.05) is 24.3 Å². The van der Waals surface area contributed by atoms with Gasteiger partial charge in [-0.25, -0.2) is 4.98 Å². The van der Waals surface area contributed by atoms with Crippen molar-refractivity contribution in [1.29, 1.82) is 0 Å². The molecule has 1 amide bonds. The van der Waals surface area contributed by atoms with Crippen LogP contribution >= 0.6 is 11.6 Å². The van der Waals surface area contributed by atoms with Crippen LogP contribution in [0.5, 0.6) is 0 Å². The maximum Gasteiger partial charge on any atom is 0.254 e. The van der Waals surface area contributed by atoms with E-state index in [1.54, 1.807) is 6.07 Å².